The van der Waals surface area contributed by atoms with Gasteiger partial charge in [-0.1, -0.05) is 0 Å². The smallest absolute Gasteiger partial charge is 0.316 e. The Hall–Kier alpha value is -4.41. The van der Waals surface area contributed by atoms with Gasteiger partial charge in [-0.3, -0.25) is 0 Å². The van der Waals surface area contributed by atoms with Crippen molar-refractivity contribution in [3.8, 4) is 22.8 Å². The molecule has 9 nitrogen and oxygen atoms in total. The first-order valence-electron chi connectivity index (χ1n) is 11.1. The van der Waals surface area contributed by atoms with E-state index in [4.69, 9.17) is 9.72 Å². The number of hydrogen-bond acceptors (Lipinski definition) is 7. The lowest BCUT2D eigenvalue weighted by molar-refractivity contribution is 0.380. The van der Waals surface area contributed by atoms with Crippen molar-refractivity contribution in [2.24, 2.45) is 0 Å². The Kier molecular flexibility index (Phi) is 5.09. The summed E-state index contributed by atoms with van der Waals surface area (Å²) in [5.74, 6) is -0.200. The summed E-state index contributed by atoms with van der Waals surface area (Å²) < 4.78 is 36.7. The van der Waals surface area contributed by atoms with Crippen LogP contribution in [0.15, 0.2) is 61.4 Å². The van der Waals surface area contributed by atoms with Crippen LogP contribution in [0.4, 0.5) is 14.6 Å². The molecule has 35 heavy (non-hydrogen) atoms. The van der Waals surface area contributed by atoms with Gasteiger partial charge in [0, 0.05) is 48.0 Å². The van der Waals surface area contributed by atoms with E-state index in [1.54, 1.807) is 40.2 Å². The Balaban J connectivity index is 1.35. The van der Waals surface area contributed by atoms with Crippen LogP contribution in [0.5, 0.6) is 6.01 Å². The second kappa shape index (κ2) is 8.42. The predicted octanol–water partition coefficient (Wildman–Crippen LogP) is 4.00. The van der Waals surface area contributed by atoms with Crippen molar-refractivity contribution in [1.82, 2.24) is 34.3 Å². The summed E-state index contributed by atoms with van der Waals surface area (Å²) in [6, 6.07) is 5.42. The van der Waals surface area contributed by atoms with Crippen LogP contribution in [0.2, 0.25) is 0 Å². The molecule has 5 aromatic rings. The highest BCUT2D eigenvalue weighted by molar-refractivity contribution is 5.64. The standard InChI is InChI=1S/C24H20F2N8O/c1-35-24-27-10-15(11-28-24)16-12-29-34(14-16)21-13-30-33-8-6-22(31-23(21)33)32-7-2-3-20(32)18-9-17(25)4-5-19(18)26/h4-6,8-14,20H,2-3,7H2,1H3/t20-/m0/s1. The number of hydrogen-bond donors (Lipinski definition) is 0. The van der Waals surface area contributed by atoms with E-state index in [1.807, 2.05) is 17.2 Å². The zero-order valence-electron chi connectivity index (χ0n) is 18.7. The van der Waals surface area contributed by atoms with E-state index in [0.717, 1.165) is 23.6 Å². The third-order valence-electron chi connectivity index (χ3n) is 6.17. The van der Waals surface area contributed by atoms with Gasteiger partial charge in [-0.2, -0.15) is 10.2 Å². The average molecular weight is 474 g/mol. The average Bonchev–Trinajstić information content (AvgIpc) is 3.64. The highest BCUT2D eigenvalue weighted by Gasteiger charge is 2.30. The molecule has 0 saturated carbocycles. The zero-order valence-corrected chi connectivity index (χ0v) is 18.7. The molecule has 5 heterocycles. The van der Waals surface area contributed by atoms with Crippen LogP contribution in [-0.4, -0.2) is 48.0 Å². The second-order valence-corrected chi connectivity index (χ2v) is 8.23. The summed E-state index contributed by atoms with van der Waals surface area (Å²) >= 11 is 0. The van der Waals surface area contributed by atoms with Crippen LogP contribution >= 0.6 is 0 Å². The Morgan fingerprint density at radius 1 is 1.00 bits per heavy atom. The highest BCUT2D eigenvalue weighted by Crippen LogP contribution is 2.37. The molecule has 0 amide bonds. The minimum Gasteiger partial charge on any atom is -0.467 e. The first kappa shape index (κ1) is 21.1. The van der Waals surface area contributed by atoms with E-state index in [0.29, 0.717) is 41.7 Å². The van der Waals surface area contributed by atoms with Gasteiger partial charge in [-0.15, -0.1) is 0 Å². The molecule has 4 aromatic heterocycles. The van der Waals surface area contributed by atoms with Gasteiger partial charge in [0.25, 0.3) is 0 Å². The van der Waals surface area contributed by atoms with E-state index >= 15 is 0 Å². The second-order valence-electron chi connectivity index (χ2n) is 8.23. The van der Waals surface area contributed by atoms with Gasteiger partial charge in [-0.05, 0) is 37.1 Å². The number of fused-ring (bicyclic) bond motifs is 1. The molecule has 1 fully saturated rings. The number of methoxy groups -OCH3 is 1. The Morgan fingerprint density at radius 3 is 2.69 bits per heavy atom. The molecule has 0 aliphatic carbocycles. The largest absolute Gasteiger partial charge is 0.467 e. The summed E-state index contributed by atoms with van der Waals surface area (Å²) in [7, 11) is 1.51. The number of benzene rings is 1. The first-order valence-corrected chi connectivity index (χ1v) is 11.1. The summed E-state index contributed by atoms with van der Waals surface area (Å²) in [6.45, 7) is 0.691. The highest BCUT2D eigenvalue weighted by atomic mass is 19.1. The van der Waals surface area contributed by atoms with Gasteiger partial charge in [0.1, 0.15) is 23.1 Å². The lowest BCUT2D eigenvalue weighted by atomic mass is 10.0. The molecule has 0 N–H and O–H groups in total. The number of halogens is 2. The van der Waals surface area contributed by atoms with Gasteiger partial charge in [0.2, 0.25) is 0 Å². The van der Waals surface area contributed by atoms with Crippen LogP contribution in [0.25, 0.3) is 22.5 Å². The van der Waals surface area contributed by atoms with Crippen LogP contribution in [0.3, 0.4) is 0 Å². The SMILES string of the molecule is COc1ncc(-c2cnn(-c3cnn4ccc(N5CCC[C@H]5c5cc(F)ccc5F)nc34)c2)cn1. The number of anilines is 1. The van der Waals surface area contributed by atoms with Crippen LogP contribution in [0, 0.1) is 11.6 Å². The summed E-state index contributed by atoms with van der Waals surface area (Å²) in [6.07, 6.45) is 11.9. The van der Waals surface area contributed by atoms with Crippen molar-refractivity contribution in [1.29, 1.82) is 0 Å². The van der Waals surface area contributed by atoms with E-state index < -0.39 is 11.6 Å². The summed E-state index contributed by atoms with van der Waals surface area (Å²) in [5, 5.41) is 8.86. The van der Waals surface area contributed by atoms with Crippen LogP contribution in [0.1, 0.15) is 24.4 Å². The fraction of sp³-hybridized carbons (Fsp3) is 0.208. The van der Waals surface area contributed by atoms with Crippen molar-refractivity contribution < 1.29 is 13.5 Å². The Morgan fingerprint density at radius 2 is 1.86 bits per heavy atom. The van der Waals surface area contributed by atoms with Crippen molar-refractivity contribution >= 4 is 11.5 Å². The Bertz CT molecular complexity index is 1510. The molecular weight excluding hydrogens is 454 g/mol. The maximum atomic E-state index is 14.5. The first-order chi connectivity index (χ1) is 17.1. The number of aromatic nitrogens is 7. The minimum absolute atomic E-state index is 0.291. The molecule has 176 valence electrons. The molecule has 0 radical (unpaired) electrons. The van der Waals surface area contributed by atoms with Crippen molar-refractivity contribution in [3.05, 3.63) is 78.6 Å². The molecule has 6 rings (SSSR count). The molecule has 0 spiro atoms. The van der Waals surface area contributed by atoms with Gasteiger partial charge < -0.3 is 9.64 Å². The molecule has 1 aliphatic rings. The van der Waals surface area contributed by atoms with Gasteiger partial charge in [0.05, 0.1) is 25.5 Å². The maximum absolute atomic E-state index is 14.5. The molecule has 1 aliphatic heterocycles. The van der Waals surface area contributed by atoms with Gasteiger partial charge in [0.15, 0.2) is 5.65 Å². The van der Waals surface area contributed by atoms with Crippen LogP contribution in [-0.2, 0) is 0 Å². The van der Waals surface area contributed by atoms with Gasteiger partial charge >= 0.3 is 6.01 Å². The fourth-order valence-electron chi connectivity index (χ4n) is 4.48. The fourth-order valence-corrected chi connectivity index (χ4v) is 4.48. The lowest BCUT2D eigenvalue weighted by Crippen LogP contribution is -2.24. The normalized spacial score (nSPS) is 15.7. The van der Waals surface area contributed by atoms with Crippen molar-refractivity contribution in [2.45, 2.75) is 18.9 Å². The van der Waals surface area contributed by atoms with Crippen LogP contribution < -0.4 is 9.64 Å². The zero-order chi connectivity index (χ0) is 23.9. The quantitative estimate of drug-likeness (QED) is 0.381. The molecule has 0 bridgehead atoms. The molecular formula is C24H20F2N8O. The number of ether oxygens (including phenoxy) is 1. The summed E-state index contributed by atoms with van der Waals surface area (Å²) in [4.78, 5) is 15.1. The minimum atomic E-state index is -0.452. The van der Waals surface area contributed by atoms with Gasteiger partial charge in [-0.25, -0.2) is 32.9 Å². The molecule has 1 aromatic carbocycles. The monoisotopic (exact) mass is 474 g/mol. The van der Waals surface area contributed by atoms with E-state index in [1.165, 1.54) is 19.2 Å². The van der Waals surface area contributed by atoms with E-state index in [-0.39, 0.29) is 6.04 Å². The third-order valence-corrected chi connectivity index (χ3v) is 6.17. The van der Waals surface area contributed by atoms with E-state index in [2.05, 4.69) is 20.2 Å². The number of rotatable bonds is 5. The topological polar surface area (TPSA) is 86.3 Å². The maximum Gasteiger partial charge on any atom is 0.316 e. The van der Waals surface area contributed by atoms with Crippen molar-refractivity contribution in [3.63, 3.8) is 0 Å². The lowest BCUT2D eigenvalue weighted by Gasteiger charge is -2.26. The molecule has 1 saturated heterocycles. The van der Waals surface area contributed by atoms with E-state index in [9.17, 15) is 8.78 Å². The Labute approximate surface area is 198 Å². The number of nitrogens with zero attached hydrogens (tertiary/aromatic N) is 8. The third kappa shape index (κ3) is 3.74. The molecule has 1 atom stereocenters. The predicted molar refractivity (Wildman–Crippen MR) is 123 cm³/mol. The summed E-state index contributed by atoms with van der Waals surface area (Å²) in [5.41, 5.74) is 3.23. The molecule has 11 heteroatoms. The molecule has 0 unspecified atom stereocenters. The van der Waals surface area contributed by atoms with Crippen molar-refractivity contribution in [2.75, 3.05) is 18.6 Å².